The zero-order chi connectivity index (χ0) is 19.9. The molecule has 0 radical (unpaired) electrons. The van der Waals surface area contributed by atoms with Crippen LogP contribution >= 0.6 is 23.4 Å². The van der Waals surface area contributed by atoms with E-state index in [2.05, 4.69) is 17.0 Å². The van der Waals surface area contributed by atoms with Gasteiger partial charge < -0.3 is 9.47 Å². The van der Waals surface area contributed by atoms with Crippen molar-refractivity contribution in [2.24, 2.45) is 0 Å². The summed E-state index contributed by atoms with van der Waals surface area (Å²) in [5.41, 5.74) is 1.00. The lowest BCUT2D eigenvalue weighted by Gasteiger charge is -2.25. The van der Waals surface area contributed by atoms with Crippen LogP contribution in [-0.4, -0.2) is 53.5 Å². The molecular weight excluding hydrogens is 406 g/mol. The van der Waals surface area contributed by atoms with Gasteiger partial charge in [-0.1, -0.05) is 35.9 Å². The molecule has 0 N–H and O–H groups in total. The number of aromatic nitrogens is 2. The first-order valence-electron chi connectivity index (χ1n) is 9.85. The van der Waals surface area contributed by atoms with Crippen LogP contribution in [0.5, 0.6) is 5.75 Å². The number of benzene rings is 2. The number of para-hydroxylation sites is 1. The van der Waals surface area contributed by atoms with Gasteiger partial charge in [0.25, 0.3) is 0 Å². The topological polar surface area (TPSA) is 47.5 Å². The van der Waals surface area contributed by atoms with Gasteiger partial charge in [0.15, 0.2) is 0 Å². The summed E-state index contributed by atoms with van der Waals surface area (Å²) in [5.74, 6) is 2.62. The zero-order valence-corrected chi connectivity index (χ0v) is 17.8. The van der Waals surface area contributed by atoms with Crippen LogP contribution in [0.2, 0.25) is 5.02 Å². The van der Waals surface area contributed by atoms with Gasteiger partial charge in [-0.25, -0.2) is 9.97 Å². The maximum atomic E-state index is 6.00. The molecular formula is C22H24ClN3O2S. The Labute approximate surface area is 180 Å². The molecule has 1 fully saturated rings. The number of hydrogen-bond acceptors (Lipinski definition) is 6. The first-order valence-corrected chi connectivity index (χ1v) is 11.2. The molecule has 0 aliphatic carbocycles. The lowest BCUT2D eigenvalue weighted by atomic mass is 10.2. The maximum absolute atomic E-state index is 6.00. The van der Waals surface area contributed by atoms with Crippen LogP contribution in [0.3, 0.4) is 0 Å². The smallest absolute Gasteiger partial charge is 0.144 e. The molecule has 1 aliphatic heterocycles. The second kappa shape index (κ2) is 10.3. The van der Waals surface area contributed by atoms with E-state index in [4.69, 9.17) is 31.0 Å². The van der Waals surface area contributed by atoms with Gasteiger partial charge in [0.05, 0.1) is 31.9 Å². The van der Waals surface area contributed by atoms with Crippen LogP contribution in [0, 0.1) is 0 Å². The SMILES string of the molecule is Clc1cccc(OCCCSc2nc(CN3CCOCC3)nc3ccccc23)c1. The number of thioether (sulfide) groups is 1. The number of nitrogens with zero attached hydrogens (tertiary/aromatic N) is 3. The fraction of sp³-hybridized carbons (Fsp3) is 0.364. The van der Waals surface area contributed by atoms with E-state index in [1.807, 2.05) is 36.4 Å². The highest BCUT2D eigenvalue weighted by molar-refractivity contribution is 7.99. The zero-order valence-electron chi connectivity index (χ0n) is 16.2. The highest BCUT2D eigenvalue weighted by Crippen LogP contribution is 2.26. The van der Waals surface area contributed by atoms with Gasteiger partial charge in [0.2, 0.25) is 0 Å². The Morgan fingerprint density at radius 3 is 2.79 bits per heavy atom. The number of morpholine rings is 1. The van der Waals surface area contributed by atoms with E-state index in [0.717, 1.165) is 72.5 Å². The average molecular weight is 430 g/mol. The molecule has 7 heteroatoms. The normalized spacial score (nSPS) is 14.9. The van der Waals surface area contributed by atoms with Gasteiger partial charge in [0.1, 0.15) is 16.6 Å². The predicted molar refractivity (Wildman–Crippen MR) is 118 cm³/mol. The minimum atomic E-state index is 0.650. The van der Waals surface area contributed by atoms with Crippen molar-refractivity contribution < 1.29 is 9.47 Å². The second-order valence-corrected chi connectivity index (χ2v) is 8.38. The molecule has 2 heterocycles. The Bertz CT molecular complexity index is 950. The number of fused-ring (bicyclic) bond motifs is 1. The highest BCUT2D eigenvalue weighted by Gasteiger charge is 2.14. The van der Waals surface area contributed by atoms with E-state index in [-0.39, 0.29) is 0 Å². The summed E-state index contributed by atoms with van der Waals surface area (Å²) in [4.78, 5) is 12.0. The third-order valence-corrected chi connectivity index (χ3v) is 5.99. The fourth-order valence-corrected chi connectivity index (χ4v) is 4.34. The number of halogens is 1. The Balaban J connectivity index is 1.37. The van der Waals surface area contributed by atoms with Gasteiger partial charge in [-0.15, -0.1) is 11.8 Å². The van der Waals surface area contributed by atoms with E-state index in [0.29, 0.717) is 11.6 Å². The molecule has 29 heavy (non-hydrogen) atoms. The van der Waals surface area contributed by atoms with E-state index in [9.17, 15) is 0 Å². The molecule has 0 spiro atoms. The van der Waals surface area contributed by atoms with Crippen LogP contribution in [0.25, 0.3) is 10.9 Å². The molecule has 152 valence electrons. The molecule has 2 aromatic carbocycles. The van der Waals surface area contributed by atoms with Crippen LogP contribution in [0.1, 0.15) is 12.2 Å². The van der Waals surface area contributed by atoms with Crippen molar-refractivity contribution in [3.8, 4) is 5.75 Å². The first kappa shape index (κ1) is 20.4. The second-order valence-electron chi connectivity index (χ2n) is 6.86. The maximum Gasteiger partial charge on any atom is 0.144 e. The number of hydrogen-bond donors (Lipinski definition) is 0. The molecule has 1 saturated heterocycles. The Morgan fingerprint density at radius 1 is 1.07 bits per heavy atom. The van der Waals surface area contributed by atoms with Crippen molar-refractivity contribution >= 4 is 34.3 Å². The highest BCUT2D eigenvalue weighted by atomic mass is 35.5. The van der Waals surface area contributed by atoms with Crippen molar-refractivity contribution in [1.29, 1.82) is 0 Å². The van der Waals surface area contributed by atoms with Gasteiger partial charge in [-0.05, 0) is 30.7 Å². The van der Waals surface area contributed by atoms with Gasteiger partial charge >= 0.3 is 0 Å². The first-order chi connectivity index (χ1) is 14.3. The van der Waals surface area contributed by atoms with E-state index in [1.54, 1.807) is 11.8 Å². The van der Waals surface area contributed by atoms with E-state index in [1.165, 1.54) is 0 Å². The molecule has 0 bridgehead atoms. The largest absolute Gasteiger partial charge is 0.494 e. The van der Waals surface area contributed by atoms with Crippen LogP contribution < -0.4 is 4.74 Å². The molecule has 3 aromatic rings. The summed E-state index contributed by atoms with van der Waals surface area (Å²) in [6.07, 6.45) is 0.925. The predicted octanol–water partition coefficient (Wildman–Crippen LogP) is 4.68. The summed E-state index contributed by atoms with van der Waals surface area (Å²) >= 11 is 7.76. The van der Waals surface area contributed by atoms with Gasteiger partial charge in [-0.2, -0.15) is 0 Å². The van der Waals surface area contributed by atoms with Crippen molar-refractivity contribution in [3.63, 3.8) is 0 Å². The summed E-state index contributed by atoms with van der Waals surface area (Å²) in [6, 6.07) is 15.7. The lowest BCUT2D eigenvalue weighted by Crippen LogP contribution is -2.36. The Hall–Kier alpha value is -1.86. The monoisotopic (exact) mass is 429 g/mol. The van der Waals surface area contributed by atoms with Crippen molar-refractivity contribution in [2.75, 3.05) is 38.7 Å². The number of rotatable bonds is 8. The van der Waals surface area contributed by atoms with Gasteiger partial charge in [0, 0.05) is 29.3 Å². The van der Waals surface area contributed by atoms with Crippen molar-refractivity contribution in [2.45, 2.75) is 18.0 Å². The molecule has 1 aliphatic rings. The summed E-state index contributed by atoms with van der Waals surface area (Å²) < 4.78 is 11.2. The Kier molecular flexibility index (Phi) is 7.22. The van der Waals surface area contributed by atoms with E-state index < -0.39 is 0 Å². The third-order valence-electron chi connectivity index (χ3n) is 4.68. The minimum Gasteiger partial charge on any atom is -0.494 e. The van der Waals surface area contributed by atoms with E-state index >= 15 is 0 Å². The van der Waals surface area contributed by atoms with Gasteiger partial charge in [-0.3, -0.25) is 4.90 Å². The van der Waals surface area contributed by atoms with Crippen LogP contribution in [0.15, 0.2) is 53.6 Å². The molecule has 1 aromatic heterocycles. The summed E-state index contributed by atoms with van der Waals surface area (Å²) in [7, 11) is 0. The Morgan fingerprint density at radius 2 is 1.93 bits per heavy atom. The molecule has 0 atom stereocenters. The van der Waals surface area contributed by atoms with Crippen molar-refractivity contribution in [1.82, 2.24) is 14.9 Å². The van der Waals surface area contributed by atoms with Crippen LogP contribution in [0.4, 0.5) is 0 Å². The standard InChI is InChI=1S/C22H24ClN3O2S/c23-17-5-3-6-18(15-17)28-11-4-14-29-22-19-7-1-2-8-20(19)24-21(25-22)16-26-9-12-27-13-10-26/h1-3,5-8,15H,4,9-14,16H2. The van der Waals surface area contributed by atoms with Crippen molar-refractivity contribution in [3.05, 3.63) is 59.4 Å². The quantitative estimate of drug-likeness (QED) is 0.294. The summed E-state index contributed by atoms with van der Waals surface area (Å²) in [5, 5.41) is 2.85. The molecule has 0 unspecified atom stereocenters. The lowest BCUT2D eigenvalue weighted by molar-refractivity contribution is 0.0330. The minimum absolute atomic E-state index is 0.650. The number of ether oxygens (including phenoxy) is 2. The fourth-order valence-electron chi connectivity index (χ4n) is 3.21. The molecule has 0 saturated carbocycles. The average Bonchev–Trinajstić information content (AvgIpc) is 2.74. The van der Waals surface area contributed by atoms with Crippen LogP contribution in [-0.2, 0) is 11.3 Å². The molecule has 4 rings (SSSR count). The molecule has 5 nitrogen and oxygen atoms in total. The molecule has 0 amide bonds. The third kappa shape index (κ3) is 5.82. The summed E-state index contributed by atoms with van der Waals surface area (Å²) in [6.45, 7) is 4.83.